The highest BCUT2D eigenvalue weighted by molar-refractivity contribution is 7.99. The van der Waals surface area contributed by atoms with Gasteiger partial charge in [-0.25, -0.2) is 4.98 Å². The van der Waals surface area contributed by atoms with E-state index >= 15 is 0 Å². The van der Waals surface area contributed by atoms with E-state index in [-0.39, 0.29) is 23.0 Å². The summed E-state index contributed by atoms with van der Waals surface area (Å²) in [5.41, 5.74) is 1.22. The van der Waals surface area contributed by atoms with Crippen LogP contribution in [0.15, 0.2) is 41.9 Å². The Labute approximate surface area is 162 Å². The first kappa shape index (κ1) is 18.9. The van der Waals surface area contributed by atoms with E-state index < -0.39 is 0 Å². The summed E-state index contributed by atoms with van der Waals surface area (Å²) < 4.78 is 0. The van der Waals surface area contributed by atoms with Gasteiger partial charge < -0.3 is 10.2 Å². The number of nitrogens with zero attached hydrogens (tertiary/aromatic N) is 2. The van der Waals surface area contributed by atoms with E-state index in [2.05, 4.69) is 22.4 Å². The second-order valence-corrected chi connectivity index (χ2v) is 8.61. The number of aromatic nitrogens is 1. The minimum atomic E-state index is -0.164. The van der Waals surface area contributed by atoms with Crippen molar-refractivity contribution in [3.63, 3.8) is 0 Å². The van der Waals surface area contributed by atoms with Gasteiger partial charge in [0.15, 0.2) is 5.13 Å². The number of carbonyl (C=O) groups excluding carboxylic acids is 2. The molecule has 2 heterocycles. The number of amides is 2. The highest BCUT2D eigenvalue weighted by atomic mass is 32.2. The van der Waals surface area contributed by atoms with Gasteiger partial charge in [-0.1, -0.05) is 30.3 Å². The Kier molecular flexibility index (Phi) is 6.68. The Hall–Kier alpha value is -1.86. The van der Waals surface area contributed by atoms with Crippen LogP contribution in [0.25, 0.3) is 0 Å². The van der Waals surface area contributed by atoms with Crippen molar-refractivity contribution in [2.24, 2.45) is 5.92 Å². The molecule has 138 valence electrons. The normalized spacial score (nSPS) is 18.3. The number of hydrogen-bond donors (Lipinski definition) is 1. The number of anilines is 1. The molecule has 0 aliphatic carbocycles. The van der Waals surface area contributed by atoms with E-state index in [9.17, 15) is 9.59 Å². The van der Waals surface area contributed by atoms with Crippen molar-refractivity contribution in [2.45, 2.75) is 30.8 Å². The summed E-state index contributed by atoms with van der Waals surface area (Å²) in [5, 5.41) is 5.18. The molecule has 2 atom stereocenters. The van der Waals surface area contributed by atoms with Crippen molar-refractivity contribution >= 4 is 40.0 Å². The smallest absolute Gasteiger partial charge is 0.235 e. The van der Waals surface area contributed by atoms with Crippen LogP contribution in [0.3, 0.4) is 0 Å². The summed E-state index contributed by atoms with van der Waals surface area (Å²) in [4.78, 5) is 31.1. The molecule has 26 heavy (non-hydrogen) atoms. The summed E-state index contributed by atoms with van der Waals surface area (Å²) >= 11 is 3.05. The van der Waals surface area contributed by atoms with Crippen LogP contribution >= 0.6 is 23.1 Å². The fourth-order valence-corrected chi connectivity index (χ4v) is 4.47. The topological polar surface area (TPSA) is 62.3 Å². The number of nitrogens with one attached hydrogen (secondary N) is 1. The minimum Gasteiger partial charge on any atom is -0.341 e. The molecule has 1 aromatic carbocycles. The lowest BCUT2D eigenvalue weighted by Crippen LogP contribution is -2.46. The predicted molar refractivity (Wildman–Crippen MR) is 107 cm³/mol. The lowest BCUT2D eigenvalue weighted by molar-refractivity contribution is -0.133. The fraction of sp³-hybridized carbons (Fsp3) is 0.421. The number of rotatable bonds is 6. The molecule has 2 amide bonds. The second kappa shape index (κ2) is 9.19. The highest BCUT2D eigenvalue weighted by Crippen LogP contribution is 2.24. The average Bonchev–Trinajstić information content (AvgIpc) is 3.19. The molecule has 5 nitrogen and oxygen atoms in total. The molecule has 1 fully saturated rings. The summed E-state index contributed by atoms with van der Waals surface area (Å²) in [5.74, 6) is 0.734. The maximum atomic E-state index is 12.8. The van der Waals surface area contributed by atoms with Crippen molar-refractivity contribution in [3.05, 3.63) is 47.5 Å². The van der Waals surface area contributed by atoms with Crippen molar-refractivity contribution in [2.75, 3.05) is 18.4 Å². The van der Waals surface area contributed by atoms with Crippen LogP contribution in [0.4, 0.5) is 5.13 Å². The largest absolute Gasteiger partial charge is 0.341 e. The maximum absolute atomic E-state index is 12.8. The number of piperidine rings is 1. The zero-order valence-electron chi connectivity index (χ0n) is 14.8. The van der Waals surface area contributed by atoms with Gasteiger partial charge in [-0.2, -0.15) is 0 Å². The average molecular weight is 390 g/mol. The monoisotopic (exact) mass is 389 g/mol. The molecule has 1 aliphatic heterocycles. The molecule has 1 aliphatic rings. The molecule has 2 aromatic rings. The Bertz CT molecular complexity index is 722. The van der Waals surface area contributed by atoms with Crippen molar-refractivity contribution in [1.29, 1.82) is 0 Å². The highest BCUT2D eigenvalue weighted by Gasteiger charge is 2.30. The molecule has 0 spiro atoms. The summed E-state index contributed by atoms with van der Waals surface area (Å²) in [7, 11) is 0. The van der Waals surface area contributed by atoms with Crippen molar-refractivity contribution in [3.8, 4) is 0 Å². The molecule has 0 unspecified atom stereocenters. The van der Waals surface area contributed by atoms with Crippen molar-refractivity contribution in [1.82, 2.24) is 9.88 Å². The van der Waals surface area contributed by atoms with E-state index in [0.29, 0.717) is 11.7 Å². The van der Waals surface area contributed by atoms with Gasteiger partial charge in [0.2, 0.25) is 11.8 Å². The molecule has 1 N–H and O–H groups in total. The number of thiazole rings is 1. The Morgan fingerprint density at radius 3 is 2.92 bits per heavy atom. The van der Waals surface area contributed by atoms with E-state index in [0.717, 1.165) is 25.1 Å². The van der Waals surface area contributed by atoms with Crippen LogP contribution in [0.5, 0.6) is 0 Å². The van der Waals surface area contributed by atoms with Gasteiger partial charge in [0, 0.05) is 30.4 Å². The first-order valence-electron chi connectivity index (χ1n) is 8.78. The van der Waals surface area contributed by atoms with Gasteiger partial charge in [0.25, 0.3) is 0 Å². The molecule has 0 saturated carbocycles. The molecule has 0 bridgehead atoms. The van der Waals surface area contributed by atoms with E-state index in [1.165, 1.54) is 16.9 Å². The van der Waals surface area contributed by atoms with Crippen LogP contribution in [-0.2, 0) is 15.3 Å². The Morgan fingerprint density at radius 2 is 2.19 bits per heavy atom. The molecule has 7 heteroatoms. The quantitative estimate of drug-likeness (QED) is 0.819. The minimum absolute atomic E-state index is 0.0398. The summed E-state index contributed by atoms with van der Waals surface area (Å²) in [6.45, 7) is 3.18. The first-order chi connectivity index (χ1) is 12.6. The number of hydrogen-bond acceptors (Lipinski definition) is 5. The third-order valence-electron chi connectivity index (χ3n) is 4.46. The Morgan fingerprint density at radius 1 is 1.38 bits per heavy atom. The predicted octanol–water partition coefficient (Wildman–Crippen LogP) is 3.64. The van der Waals surface area contributed by atoms with Crippen LogP contribution in [0.2, 0.25) is 0 Å². The second-order valence-electron chi connectivity index (χ2n) is 6.39. The number of thioether (sulfide) groups is 1. The molecule has 3 rings (SSSR count). The van der Waals surface area contributed by atoms with Gasteiger partial charge in [-0.05, 0) is 25.3 Å². The van der Waals surface area contributed by atoms with E-state index in [1.54, 1.807) is 18.0 Å². The SMILES string of the molecule is C[C@H](SCc1ccccc1)C(=O)N1CCC[C@H](C(=O)Nc2nccs2)C1. The number of likely N-dealkylation sites (tertiary alicyclic amines) is 1. The van der Waals surface area contributed by atoms with E-state index in [1.807, 2.05) is 35.4 Å². The van der Waals surface area contributed by atoms with Gasteiger partial charge >= 0.3 is 0 Å². The van der Waals surface area contributed by atoms with Crippen LogP contribution < -0.4 is 5.32 Å². The molecule has 1 saturated heterocycles. The number of benzene rings is 1. The van der Waals surface area contributed by atoms with E-state index in [4.69, 9.17) is 0 Å². The van der Waals surface area contributed by atoms with Crippen LogP contribution in [-0.4, -0.2) is 40.0 Å². The van der Waals surface area contributed by atoms with Crippen LogP contribution in [0, 0.1) is 5.92 Å². The van der Waals surface area contributed by atoms with Crippen LogP contribution in [0.1, 0.15) is 25.3 Å². The van der Waals surface area contributed by atoms with Crippen molar-refractivity contribution < 1.29 is 9.59 Å². The van der Waals surface area contributed by atoms with Gasteiger partial charge in [-0.3, -0.25) is 9.59 Å². The fourth-order valence-electron chi connectivity index (χ4n) is 3.01. The van der Waals surface area contributed by atoms with Gasteiger partial charge in [-0.15, -0.1) is 23.1 Å². The third kappa shape index (κ3) is 5.08. The third-order valence-corrected chi connectivity index (χ3v) is 6.35. The summed E-state index contributed by atoms with van der Waals surface area (Å²) in [6.07, 6.45) is 3.34. The Balaban J connectivity index is 1.51. The zero-order chi connectivity index (χ0) is 18.4. The van der Waals surface area contributed by atoms with Gasteiger partial charge in [0.05, 0.1) is 11.2 Å². The first-order valence-corrected chi connectivity index (χ1v) is 10.7. The molecular formula is C19H23N3O2S2. The maximum Gasteiger partial charge on any atom is 0.235 e. The molecular weight excluding hydrogens is 366 g/mol. The lowest BCUT2D eigenvalue weighted by Gasteiger charge is -2.33. The molecule has 0 radical (unpaired) electrons. The lowest BCUT2D eigenvalue weighted by atomic mass is 9.97. The number of carbonyl (C=O) groups is 2. The zero-order valence-corrected chi connectivity index (χ0v) is 16.4. The van der Waals surface area contributed by atoms with Gasteiger partial charge in [0.1, 0.15) is 0 Å². The summed E-state index contributed by atoms with van der Waals surface area (Å²) in [6, 6.07) is 10.2. The standard InChI is InChI=1S/C19H23N3O2S2/c1-14(26-13-15-6-3-2-4-7-15)18(24)22-10-5-8-16(12-22)17(23)21-19-20-9-11-25-19/h2-4,6-7,9,11,14,16H,5,8,10,12-13H2,1H3,(H,20,21,23)/t14-,16-/m0/s1. The molecule has 1 aromatic heterocycles.